The van der Waals surface area contributed by atoms with Gasteiger partial charge in [0, 0.05) is 18.1 Å². The summed E-state index contributed by atoms with van der Waals surface area (Å²) >= 11 is 5.88. The summed E-state index contributed by atoms with van der Waals surface area (Å²) < 4.78 is 6.85. The zero-order valence-electron chi connectivity index (χ0n) is 14.9. The van der Waals surface area contributed by atoms with Gasteiger partial charge in [-0.3, -0.25) is 0 Å². The van der Waals surface area contributed by atoms with E-state index in [1.807, 2.05) is 13.8 Å². The summed E-state index contributed by atoms with van der Waals surface area (Å²) in [7, 11) is 0. The predicted octanol–water partition coefficient (Wildman–Crippen LogP) is 2.33. The van der Waals surface area contributed by atoms with Gasteiger partial charge in [-0.2, -0.15) is 4.98 Å². The fraction of sp³-hybridized carbons (Fsp3) is 0.562. The van der Waals surface area contributed by atoms with Crippen LogP contribution < -0.4 is 5.32 Å². The summed E-state index contributed by atoms with van der Waals surface area (Å²) in [6.07, 6.45) is -0.769. The van der Waals surface area contributed by atoms with Gasteiger partial charge in [-0.1, -0.05) is 0 Å². The normalized spacial score (nSPS) is 12.7. The van der Waals surface area contributed by atoms with Crippen LogP contribution in [0, 0.1) is 0 Å². The molecule has 2 rings (SSSR count). The second-order valence-electron chi connectivity index (χ2n) is 7.36. The molecule has 0 spiro atoms. The van der Waals surface area contributed by atoms with E-state index in [1.165, 1.54) is 6.20 Å². The van der Waals surface area contributed by atoms with Crippen LogP contribution in [-0.2, 0) is 10.3 Å². The number of amides is 1. The lowest BCUT2D eigenvalue weighted by atomic mass is 10.0. The van der Waals surface area contributed by atoms with Crippen molar-refractivity contribution < 1.29 is 19.7 Å². The summed E-state index contributed by atoms with van der Waals surface area (Å²) in [6, 6.07) is 1.57. The second kappa shape index (κ2) is 6.78. The lowest BCUT2D eigenvalue weighted by molar-refractivity contribution is -0.0503. The van der Waals surface area contributed by atoms with Crippen LogP contribution >= 0.6 is 11.6 Å². The maximum Gasteiger partial charge on any atom is 0.407 e. The van der Waals surface area contributed by atoms with Crippen molar-refractivity contribution in [2.75, 3.05) is 6.54 Å². The summed E-state index contributed by atoms with van der Waals surface area (Å²) in [4.78, 5) is 20.0. The first-order valence-electron chi connectivity index (χ1n) is 7.78. The van der Waals surface area contributed by atoms with Gasteiger partial charge >= 0.3 is 6.09 Å². The molecule has 3 N–H and O–H groups in total. The molecule has 2 heterocycles. The standard InChI is InChI=1S/C16H23ClN4O4/c1-15(2,3)25-14(24)19-8-16(4,5)21-10(12(22)23)6-9-7-18-13(17)20-11(9)21/h6-7,12,22-23H,8H2,1-5H3,(H,19,24). The maximum atomic E-state index is 11.9. The van der Waals surface area contributed by atoms with E-state index >= 15 is 0 Å². The van der Waals surface area contributed by atoms with Gasteiger partial charge in [-0.15, -0.1) is 0 Å². The molecule has 0 unspecified atom stereocenters. The molecule has 1 amide bonds. The predicted molar refractivity (Wildman–Crippen MR) is 93.3 cm³/mol. The number of nitrogens with one attached hydrogen (secondary N) is 1. The highest BCUT2D eigenvalue weighted by molar-refractivity contribution is 6.28. The highest BCUT2D eigenvalue weighted by Gasteiger charge is 2.29. The van der Waals surface area contributed by atoms with Crippen LogP contribution in [0.15, 0.2) is 12.3 Å². The lowest BCUT2D eigenvalue weighted by Crippen LogP contribution is -2.43. The number of carbonyl (C=O) groups is 1. The molecule has 8 nitrogen and oxygen atoms in total. The van der Waals surface area contributed by atoms with E-state index in [0.717, 1.165) is 0 Å². The van der Waals surface area contributed by atoms with E-state index in [0.29, 0.717) is 11.0 Å². The minimum absolute atomic E-state index is 0.0433. The largest absolute Gasteiger partial charge is 0.444 e. The number of carbonyl (C=O) groups excluding carboxylic acids is 1. The van der Waals surface area contributed by atoms with Gasteiger partial charge in [-0.25, -0.2) is 9.78 Å². The van der Waals surface area contributed by atoms with Gasteiger partial charge in [0.25, 0.3) is 0 Å². The molecule has 0 aliphatic rings. The molecule has 2 aromatic heterocycles. The first-order valence-corrected chi connectivity index (χ1v) is 8.16. The van der Waals surface area contributed by atoms with E-state index in [9.17, 15) is 15.0 Å². The number of hydrogen-bond donors (Lipinski definition) is 3. The van der Waals surface area contributed by atoms with E-state index in [1.54, 1.807) is 31.4 Å². The summed E-state index contributed by atoms with van der Waals surface area (Å²) in [5, 5.41) is 22.8. The number of fused-ring (bicyclic) bond motifs is 1. The Morgan fingerprint density at radius 2 is 2.00 bits per heavy atom. The molecule has 138 valence electrons. The molecule has 0 radical (unpaired) electrons. The van der Waals surface area contributed by atoms with Gasteiger partial charge in [0.05, 0.1) is 11.2 Å². The fourth-order valence-corrected chi connectivity index (χ4v) is 2.63. The Bertz CT molecular complexity index is 780. The number of halogens is 1. The molecular formula is C16H23ClN4O4. The van der Waals surface area contributed by atoms with Crippen molar-refractivity contribution in [2.45, 2.75) is 52.0 Å². The molecular weight excluding hydrogens is 348 g/mol. The van der Waals surface area contributed by atoms with Crippen molar-refractivity contribution in [3.05, 3.63) is 23.2 Å². The van der Waals surface area contributed by atoms with Gasteiger partial charge in [-0.05, 0) is 52.3 Å². The zero-order valence-corrected chi connectivity index (χ0v) is 15.6. The molecule has 0 aliphatic heterocycles. The van der Waals surface area contributed by atoms with Crippen molar-refractivity contribution >= 4 is 28.7 Å². The summed E-state index contributed by atoms with van der Waals surface area (Å²) in [5.41, 5.74) is -0.682. The molecule has 9 heteroatoms. The first-order chi connectivity index (χ1) is 11.4. The Balaban J connectivity index is 2.36. The van der Waals surface area contributed by atoms with Gasteiger partial charge in [0.15, 0.2) is 6.29 Å². The number of aliphatic hydroxyl groups excluding tert-OH is 1. The molecule has 0 aromatic carbocycles. The van der Waals surface area contributed by atoms with Crippen LogP contribution in [0.4, 0.5) is 4.79 Å². The molecule has 0 bridgehead atoms. The summed E-state index contributed by atoms with van der Waals surface area (Å²) in [6.45, 7) is 9.15. The number of alkyl carbamates (subject to hydrolysis) is 1. The van der Waals surface area contributed by atoms with Crippen molar-refractivity contribution in [3.63, 3.8) is 0 Å². The Labute approximate surface area is 150 Å². The van der Waals surface area contributed by atoms with E-state index in [2.05, 4.69) is 15.3 Å². The molecule has 0 atom stereocenters. The average molecular weight is 371 g/mol. The SMILES string of the molecule is CC(C)(C)OC(=O)NCC(C)(C)n1c(C(O)O)cc2cnc(Cl)nc21. The molecule has 0 aliphatic carbocycles. The molecule has 0 saturated carbocycles. The minimum atomic E-state index is -1.71. The quantitative estimate of drug-likeness (QED) is 0.563. The van der Waals surface area contributed by atoms with Crippen LogP contribution in [0.3, 0.4) is 0 Å². The number of hydrogen-bond acceptors (Lipinski definition) is 6. The smallest absolute Gasteiger partial charge is 0.407 e. The minimum Gasteiger partial charge on any atom is -0.444 e. The Morgan fingerprint density at radius 1 is 1.36 bits per heavy atom. The third-order valence-electron chi connectivity index (χ3n) is 3.47. The Morgan fingerprint density at radius 3 is 2.56 bits per heavy atom. The number of ether oxygens (including phenoxy) is 1. The van der Waals surface area contributed by atoms with Crippen molar-refractivity contribution in [2.24, 2.45) is 0 Å². The third kappa shape index (κ3) is 4.59. The highest BCUT2D eigenvalue weighted by Crippen LogP contribution is 2.29. The van der Waals surface area contributed by atoms with Crippen molar-refractivity contribution in [1.82, 2.24) is 19.9 Å². The number of aliphatic hydroxyl groups is 2. The maximum absolute atomic E-state index is 11.9. The van der Waals surface area contributed by atoms with Crippen LogP contribution in [0.5, 0.6) is 0 Å². The van der Waals surface area contributed by atoms with Gasteiger partial charge in [0.2, 0.25) is 5.28 Å². The van der Waals surface area contributed by atoms with Crippen LogP contribution in [0.25, 0.3) is 11.0 Å². The molecule has 25 heavy (non-hydrogen) atoms. The Hall–Kier alpha value is -1.90. The lowest BCUT2D eigenvalue weighted by Gasteiger charge is -2.31. The van der Waals surface area contributed by atoms with Gasteiger partial charge in [0.1, 0.15) is 11.2 Å². The van der Waals surface area contributed by atoms with E-state index < -0.39 is 23.5 Å². The second-order valence-corrected chi connectivity index (χ2v) is 7.70. The fourth-order valence-electron chi connectivity index (χ4n) is 2.50. The van der Waals surface area contributed by atoms with Crippen LogP contribution in [-0.4, -0.2) is 43.0 Å². The zero-order chi connectivity index (χ0) is 19.0. The number of aromatic nitrogens is 3. The Kier molecular flexibility index (Phi) is 5.27. The highest BCUT2D eigenvalue weighted by atomic mass is 35.5. The van der Waals surface area contributed by atoms with Crippen molar-refractivity contribution in [1.29, 1.82) is 0 Å². The molecule has 0 saturated heterocycles. The average Bonchev–Trinajstić information content (AvgIpc) is 2.83. The molecule has 2 aromatic rings. The topological polar surface area (TPSA) is 110 Å². The van der Waals surface area contributed by atoms with Crippen LogP contribution in [0.1, 0.15) is 46.6 Å². The van der Waals surface area contributed by atoms with Crippen molar-refractivity contribution in [3.8, 4) is 0 Å². The monoisotopic (exact) mass is 370 g/mol. The van der Waals surface area contributed by atoms with Crippen LogP contribution in [0.2, 0.25) is 5.28 Å². The van der Waals surface area contributed by atoms with E-state index in [-0.39, 0.29) is 17.5 Å². The molecule has 0 fully saturated rings. The number of nitrogens with zero attached hydrogens (tertiary/aromatic N) is 3. The summed E-state index contributed by atoms with van der Waals surface area (Å²) in [5.74, 6) is 0. The third-order valence-corrected chi connectivity index (χ3v) is 3.66. The van der Waals surface area contributed by atoms with Gasteiger partial charge < -0.3 is 24.8 Å². The van der Waals surface area contributed by atoms with E-state index in [4.69, 9.17) is 16.3 Å². The first kappa shape index (κ1) is 19.4. The number of rotatable bonds is 4.